The van der Waals surface area contributed by atoms with E-state index in [-0.39, 0.29) is 5.91 Å². The number of hydrogen-bond donors (Lipinski definition) is 1. The van der Waals surface area contributed by atoms with Gasteiger partial charge in [-0.2, -0.15) is 0 Å². The summed E-state index contributed by atoms with van der Waals surface area (Å²) < 4.78 is 4.96. The van der Waals surface area contributed by atoms with Crippen LogP contribution in [0.15, 0.2) is 10.6 Å². The van der Waals surface area contributed by atoms with Crippen molar-refractivity contribution in [2.75, 3.05) is 26.2 Å². The fraction of sp³-hybridized carbons (Fsp3) is 0.692. The Morgan fingerprint density at radius 3 is 2.78 bits per heavy atom. The third-order valence-electron chi connectivity index (χ3n) is 4.29. The molecule has 0 atom stereocenters. The SMILES string of the molecule is Cc1cc(C(=O)N2CCC3(CCNC3)CC2)no1. The van der Waals surface area contributed by atoms with Crippen LogP contribution >= 0.6 is 0 Å². The van der Waals surface area contributed by atoms with Crippen LogP contribution in [0.2, 0.25) is 0 Å². The van der Waals surface area contributed by atoms with E-state index >= 15 is 0 Å². The fourth-order valence-electron chi connectivity index (χ4n) is 3.04. The first-order chi connectivity index (χ1) is 8.69. The summed E-state index contributed by atoms with van der Waals surface area (Å²) in [6, 6.07) is 1.71. The van der Waals surface area contributed by atoms with Gasteiger partial charge in [-0.05, 0) is 38.1 Å². The van der Waals surface area contributed by atoms with E-state index in [1.807, 2.05) is 4.90 Å². The quantitative estimate of drug-likeness (QED) is 0.812. The minimum absolute atomic E-state index is 0.00709. The van der Waals surface area contributed by atoms with Gasteiger partial charge in [0.15, 0.2) is 5.69 Å². The van der Waals surface area contributed by atoms with E-state index in [1.54, 1.807) is 13.0 Å². The van der Waals surface area contributed by atoms with Crippen molar-refractivity contribution in [2.45, 2.75) is 26.2 Å². The average molecular weight is 249 g/mol. The van der Waals surface area contributed by atoms with Gasteiger partial charge in [-0.1, -0.05) is 5.16 Å². The summed E-state index contributed by atoms with van der Waals surface area (Å²) in [5, 5.41) is 7.23. The van der Waals surface area contributed by atoms with E-state index in [9.17, 15) is 4.79 Å². The molecule has 2 aliphatic rings. The van der Waals surface area contributed by atoms with E-state index in [2.05, 4.69) is 10.5 Å². The summed E-state index contributed by atoms with van der Waals surface area (Å²) in [6.45, 7) is 5.71. The second-order valence-electron chi connectivity index (χ2n) is 5.54. The monoisotopic (exact) mass is 249 g/mol. The van der Waals surface area contributed by atoms with Crippen molar-refractivity contribution in [3.63, 3.8) is 0 Å². The lowest BCUT2D eigenvalue weighted by Gasteiger charge is -2.38. The molecule has 3 heterocycles. The number of rotatable bonds is 1. The minimum Gasteiger partial charge on any atom is -0.361 e. The van der Waals surface area contributed by atoms with E-state index in [0.29, 0.717) is 16.9 Å². The predicted octanol–water partition coefficient (Wildman–Crippen LogP) is 1.20. The Hall–Kier alpha value is -1.36. The molecule has 0 unspecified atom stereocenters. The summed E-state index contributed by atoms with van der Waals surface area (Å²) in [5.74, 6) is 0.694. The van der Waals surface area contributed by atoms with Crippen LogP contribution in [0.3, 0.4) is 0 Å². The highest BCUT2D eigenvalue weighted by Crippen LogP contribution is 2.37. The van der Waals surface area contributed by atoms with Gasteiger partial charge in [-0.3, -0.25) is 4.79 Å². The number of carbonyl (C=O) groups is 1. The van der Waals surface area contributed by atoms with Gasteiger partial charge in [0.2, 0.25) is 0 Å². The number of aryl methyl sites for hydroxylation is 1. The van der Waals surface area contributed by atoms with Crippen LogP contribution in [0.4, 0.5) is 0 Å². The van der Waals surface area contributed by atoms with E-state index in [4.69, 9.17) is 4.52 Å². The molecule has 5 heteroatoms. The number of piperidine rings is 1. The van der Waals surface area contributed by atoms with Crippen LogP contribution in [0.1, 0.15) is 35.5 Å². The van der Waals surface area contributed by atoms with Crippen LogP contribution in [-0.4, -0.2) is 42.1 Å². The van der Waals surface area contributed by atoms with Gasteiger partial charge in [0.05, 0.1) is 0 Å². The van der Waals surface area contributed by atoms with Crippen LogP contribution < -0.4 is 5.32 Å². The number of aromatic nitrogens is 1. The standard InChI is InChI=1S/C13H19N3O2/c1-10-8-11(15-18-10)12(17)16-6-3-13(4-7-16)2-5-14-9-13/h8,14H,2-7,9H2,1H3. The first-order valence-corrected chi connectivity index (χ1v) is 6.62. The Bertz CT molecular complexity index is 439. The number of nitrogens with zero attached hydrogens (tertiary/aromatic N) is 2. The lowest BCUT2D eigenvalue weighted by atomic mass is 9.78. The molecule has 0 bridgehead atoms. The molecule has 5 nitrogen and oxygen atoms in total. The van der Waals surface area contributed by atoms with E-state index in [1.165, 1.54) is 6.42 Å². The molecule has 1 amide bonds. The molecule has 1 aromatic rings. The summed E-state index contributed by atoms with van der Waals surface area (Å²) >= 11 is 0. The molecule has 1 aromatic heterocycles. The number of amides is 1. The van der Waals surface area contributed by atoms with Crippen molar-refractivity contribution in [1.82, 2.24) is 15.4 Å². The molecule has 2 aliphatic heterocycles. The second kappa shape index (κ2) is 4.39. The summed E-state index contributed by atoms with van der Waals surface area (Å²) in [4.78, 5) is 14.1. The Labute approximate surface area is 107 Å². The highest BCUT2D eigenvalue weighted by molar-refractivity contribution is 5.92. The van der Waals surface area contributed by atoms with Crippen LogP contribution in [-0.2, 0) is 0 Å². The molecular formula is C13H19N3O2. The predicted molar refractivity (Wildman–Crippen MR) is 66.3 cm³/mol. The Balaban J connectivity index is 1.64. The van der Waals surface area contributed by atoms with Crippen LogP contribution in [0.5, 0.6) is 0 Å². The largest absolute Gasteiger partial charge is 0.361 e. The molecule has 0 aliphatic carbocycles. The Morgan fingerprint density at radius 1 is 1.44 bits per heavy atom. The van der Waals surface area contributed by atoms with Gasteiger partial charge in [-0.25, -0.2) is 0 Å². The lowest BCUT2D eigenvalue weighted by Crippen LogP contribution is -2.44. The number of nitrogens with one attached hydrogen (secondary N) is 1. The number of carbonyl (C=O) groups excluding carboxylic acids is 1. The van der Waals surface area contributed by atoms with Crippen molar-refractivity contribution in [1.29, 1.82) is 0 Å². The van der Waals surface area contributed by atoms with Gasteiger partial charge in [0.1, 0.15) is 5.76 Å². The van der Waals surface area contributed by atoms with Crippen molar-refractivity contribution in [3.05, 3.63) is 17.5 Å². The fourth-order valence-corrected chi connectivity index (χ4v) is 3.04. The molecule has 98 valence electrons. The van der Waals surface area contributed by atoms with Gasteiger partial charge in [0.25, 0.3) is 5.91 Å². The molecule has 2 saturated heterocycles. The third kappa shape index (κ3) is 2.03. The zero-order chi connectivity index (χ0) is 12.6. The van der Waals surface area contributed by atoms with E-state index < -0.39 is 0 Å². The van der Waals surface area contributed by atoms with Gasteiger partial charge in [-0.15, -0.1) is 0 Å². The van der Waals surface area contributed by atoms with Crippen molar-refractivity contribution in [2.24, 2.45) is 5.41 Å². The maximum absolute atomic E-state index is 12.2. The van der Waals surface area contributed by atoms with Crippen molar-refractivity contribution in [3.8, 4) is 0 Å². The normalized spacial score (nSPS) is 22.6. The molecule has 2 fully saturated rings. The molecule has 1 spiro atoms. The zero-order valence-corrected chi connectivity index (χ0v) is 10.7. The molecule has 0 aromatic carbocycles. The zero-order valence-electron chi connectivity index (χ0n) is 10.7. The smallest absolute Gasteiger partial charge is 0.276 e. The van der Waals surface area contributed by atoms with Crippen molar-refractivity contribution >= 4 is 5.91 Å². The molecule has 3 rings (SSSR count). The van der Waals surface area contributed by atoms with Crippen LogP contribution in [0, 0.1) is 12.3 Å². The van der Waals surface area contributed by atoms with Gasteiger partial charge >= 0.3 is 0 Å². The highest BCUT2D eigenvalue weighted by atomic mass is 16.5. The topological polar surface area (TPSA) is 58.4 Å². The highest BCUT2D eigenvalue weighted by Gasteiger charge is 2.38. The molecule has 1 N–H and O–H groups in total. The maximum Gasteiger partial charge on any atom is 0.276 e. The van der Waals surface area contributed by atoms with Crippen molar-refractivity contribution < 1.29 is 9.32 Å². The minimum atomic E-state index is 0.00709. The Kier molecular flexibility index (Phi) is 2.86. The first kappa shape index (κ1) is 11.7. The van der Waals surface area contributed by atoms with Crippen LogP contribution in [0.25, 0.3) is 0 Å². The van der Waals surface area contributed by atoms with Gasteiger partial charge < -0.3 is 14.7 Å². The maximum atomic E-state index is 12.2. The lowest BCUT2D eigenvalue weighted by molar-refractivity contribution is 0.0598. The van der Waals surface area contributed by atoms with E-state index in [0.717, 1.165) is 39.0 Å². The molecule has 0 saturated carbocycles. The summed E-state index contributed by atoms with van der Waals surface area (Å²) in [5.41, 5.74) is 0.879. The molecular weight excluding hydrogens is 230 g/mol. The first-order valence-electron chi connectivity index (χ1n) is 6.62. The summed E-state index contributed by atoms with van der Waals surface area (Å²) in [6.07, 6.45) is 3.45. The average Bonchev–Trinajstić information content (AvgIpc) is 3.00. The third-order valence-corrected chi connectivity index (χ3v) is 4.29. The Morgan fingerprint density at radius 2 is 2.22 bits per heavy atom. The molecule has 0 radical (unpaired) electrons. The summed E-state index contributed by atoms with van der Waals surface area (Å²) in [7, 11) is 0. The number of hydrogen-bond acceptors (Lipinski definition) is 4. The molecule has 18 heavy (non-hydrogen) atoms. The number of likely N-dealkylation sites (tertiary alicyclic amines) is 1. The van der Waals surface area contributed by atoms with Gasteiger partial charge in [0, 0.05) is 25.7 Å². The second-order valence-corrected chi connectivity index (χ2v) is 5.54.